The van der Waals surface area contributed by atoms with Crippen molar-refractivity contribution in [2.75, 3.05) is 51.5 Å². The number of ether oxygens (including phenoxy) is 3. The number of carbonyl (C=O) groups is 5. The molecule has 2 aliphatic rings. The normalized spacial score (nSPS) is 17.8. The van der Waals surface area contributed by atoms with Gasteiger partial charge in [0.1, 0.15) is 12.6 Å². The van der Waals surface area contributed by atoms with Crippen LogP contribution in [0.25, 0.3) is 0 Å². The highest BCUT2D eigenvalue weighted by molar-refractivity contribution is 6.23. The third-order valence-electron chi connectivity index (χ3n) is 4.98. The van der Waals surface area contributed by atoms with Crippen molar-refractivity contribution in [3.05, 3.63) is 29.3 Å². The van der Waals surface area contributed by atoms with E-state index in [1.54, 1.807) is 12.1 Å². The van der Waals surface area contributed by atoms with Gasteiger partial charge in [-0.05, 0) is 24.6 Å². The Kier molecular flexibility index (Phi) is 8.46. The lowest BCUT2D eigenvalue weighted by Gasteiger charge is -2.27. The summed E-state index contributed by atoms with van der Waals surface area (Å²) in [4.78, 5) is 60.1. The van der Waals surface area contributed by atoms with Gasteiger partial charge in [-0.3, -0.25) is 29.4 Å². The van der Waals surface area contributed by atoms with Crippen LogP contribution in [0.2, 0.25) is 0 Å². The number of fused-ring (bicyclic) bond motifs is 1. The Balaban J connectivity index is 1.39. The molecule has 2 heterocycles. The van der Waals surface area contributed by atoms with Gasteiger partial charge in [-0.15, -0.1) is 0 Å². The molecule has 0 aromatic heterocycles. The number of benzene rings is 1. The number of anilines is 1. The first-order chi connectivity index (χ1) is 15.9. The third-order valence-corrected chi connectivity index (χ3v) is 4.98. The first-order valence-corrected chi connectivity index (χ1v) is 10.4. The molecule has 3 rings (SSSR count). The fourth-order valence-corrected chi connectivity index (χ4v) is 3.45. The van der Waals surface area contributed by atoms with Gasteiger partial charge in [0.2, 0.25) is 11.8 Å². The molecular weight excluding hydrogens is 438 g/mol. The highest BCUT2D eigenvalue weighted by Gasteiger charge is 2.44. The zero-order valence-corrected chi connectivity index (χ0v) is 17.8. The summed E-state index contributed by atoms with van der Waals surface area (Å²) >= 11 is 0. The largest absolute Gasteiger partial charge is 0.480 e. The Hall–Kier alpha value is -3.35. The predicted octanol–water partition coefficient (Wildman–Crippen LogP) is -0.366. The van der Waals surface area contributed by atoms with Gasteiger partial charge in [-0.1, -0.05) is 0 Å². The summed E-state index contributed by atoms with van der Waals surface area (Å²) < 4.78 is 15.5. The second-order valence-electron chi connectivity index (χ2n) is 7.31. The van der Waals surface area contributed by atoms with Crippen LogP contribution in [0.4, 0.5) is 5.69 Å². The van der Waals surface area contributed by atoms with E-state index in [9.17, 15) is 24.0 Å². The predicted molar refractivity (Wildman–Crippen MR) is 112 cm³/mol. The zero-order chi connectivity index (χ0) is 23.8. The number of amides is 4. The first-order valence-electron chi connectivity index (χ1n) is 10.4. The van der Waals surface area contributed by atoms with Crippen LogP contribution in [0.3, 0.4) is 0 Å². The van der Waals surface area contributed by atoms with Crippen molar-refractivity contribution in [2.45, 2.75) is 18.9 Å². The molecule has 1 aromatic carbocycles. The SMILES string of the molecule is O=C(O)COCCOCCOCCNc1ccc2c(c1)C(=O)N(C1CCC(=O)NC1=O)C2=O. The number of nitrogens with one attached hydrogen (secondary N) is 2. The number of piperidine rings is 1. The number of carbonyl (C=O) groups excluding carboxylic acids is 4. The standard InChI is InChI=1S/C21H25N3O9/c25-17-4-3-16(19(28)23-17)24-20(29)14-2-1-13(11-15(14)21(24)30)22-5-6-31-7-8-32-9-10-33-12-18(26)27/h1-2,11,16,22H,3-10,12H2,(H,26,27)(H,23,25,28). The van der Waals surface area contributed by atoms with E-state index in [2.05, 4.69) is 10.6 Å². The topological polar surface area (TPSA) is 161 Å². The van der Waals surface area contributed by atoms with Crippen molar-refractivity contribution in [2.24, 2.45) is 0 Å². The molecule has 4 amide bonds. The first kappa shape index (κ1) is 24.3. The van der Waals surface area contributed by atoms with Crippen LogP contribution in [-0.4, -0.2) is 91.8 Å². The van der Waals surface area contributed by atoms with Gasteiger partial charge in [0.25, 0.3) is 11.8 Å². The molecule has 178 valence electrons. The van der Waals surface area contributed by atoms with Crippen LogP contribution in [0, 0.1) is 0 Å². The lowest BCUT2D eigenvalue weighted by atomic mass is 10.0. The van der Waals surface area contributed by atoms with E-state index in [0.29, 0.717) is 32.1 Å². The van der Waals surface area contributed by atoms with Gasteiger partial charge in [0.15, 0.2) is 0 Å². The summed E-state index contributed by atoms with van der Waals surface area (Å²) in [5, 5.41) is 13.7. The maximum Gasteiger partial charge on any atom is 0.329 e. The Morgan fingerprint density at radius 3 is 2.36 bits per heavy atom. The Labute approximate surface area is 189 Å². The van der Waals surface area contributed by atoms with Crippen LogP contribution in [0.15, 0.2) is 18.2 Å². The molecule has 1 atom stereocenters. The van der Waals surface area contributed by atoms with Gasteiger partial charge in [-0.25, -0.2) is 4.79 Å². The van der Waals surface area contributed by atoms with E-state index in [-0.39, 0.29) is 43.8 Å². The molecule has 0 spiro atoms. The van der Waals surface area contributed by atoms with E-state index >= 15 is 0 Å². The smallest absolute Gasteiger partial charge is 0.329 e. The molecule has 0 saturated carbocycles. The van der Waals surface area contributed by atoms with Crippen molar-refractivity contribution < 1.29 is 43.3 Å². The maximum atomic E-state index is 12.8. The minimum absolute atomic E-state index is 0.0696. The second kappa shape index (κ2) is 11.5. The van der Waals surface area contributed by atoms with Gasteiger partial charge in [0.05, 0.1) is 44.2 Å². The van der Waals surface area contributed by atoms with Crippen LogP contribution >= 0.6 is 0 Å². The maximum absolute atomic E-state index is 12.8. The molecule has 33 heavy (non-hydrogen) atoms. The van der Waals surface area contributed by atoms with Gasteiger partial charge < -0.3 is 24.6 Å². The van der Waals surface area contributed by atoms with Crippen molar-refractivity contribution >= 4 is 35.3 Å². The fourth-order valence-electron chi connectivity index (χ4n) is 3.45. The average Bonchev–Trinajstić information content (AvgIpc) is 3.02. The minimum atomic E-state index is -1.03. The molecule has 1 unspecified atom stereocenters. The molecular formula is C21H25N3O9. The highest BCUT2D eigenvalue weighted by atomic mass is 16.5. The van der Waals surface area contributed by atoms with E-state index in [1.807, 2.05) is 0 Å². The van der Waals surface area contributed by atoms with E-state index < -0.39 is 35.6 Å². The fraction of sp³-hybridized carbons (Fsp3) is 0.476. The van der Waals surface area contributed by atoms with Crippen LogP contribution < -0.4 is 10.6 Å². The summed E-state index contributed by atoms with van der Waals surface area (Å²) in [5.74, 6) is -3.20. The molecule has 12 nitrogen and oxygen atoms in total. The molecule has 0 bridgehead atoms. The quantitative estimate of drug-likeness (QED) is 0.260. The third kappa shape index (κ3) is 6.34. The molecule has 1 saturated heterocycles. The molecule has 3 N–H and O–H groups in total. The Bertz CT molecular complexity index is 934. The van der Waals surface area contributed by atoms with Gasteiger partial charge >= 0.3 is 5.97 Å². The summed E-state index contributed by atoms with van der Waals surface area (Å²) in [7, 11) is 0. The summed E-state index contributed by atoms with van der Waals surface area (Å²) in [6.07, 6.45) is 0.178. The second-order valence-corrected chi connectivity index (χ2v) is 7.31. The molecule has 1 fully saturated rings. The number of imide groups is 2. The van der Waals surface area contributed by atoms with Crippen molar-refractivity contribution in [1.82, 2.24) is 10.2 Å². The monoisotopic (exact) mass is 463 g/mol. The van der Waals surface area contributed by atoms with Crippen molar-refractivity contribution in [1.29, 1.82) is 0 Å². The van der Waals surface area contributed by atoms with Gasteiger partial charge in [-0.2, -0.15) is 0 Å². The molecule has 12 heteroatoms. The molecule has 0 radical (unpaired) electrons. The average molecular weight is 463 g/mol. The lowest BCUT2D eigenvalue weighted by Crippen LogP contribution is -2.54. The summed E-state index contributed by atoms with van der Waals surface area (Å²) in [6.45, 7) is 1.59. The van der Waals surface area contributed by atoms with Crippen LogP contribution in [-0.2, 0) is 28.6 Å². The Morgan fingerprint density at radius 2 is 1.67 bits per heavy atom. The molecule has 1 aromatic rings. The molecule has 2 aliphatic heterocycles. The Morgan fingerprint density at radius 1 is 1.00 bits per heavy atom. The van der Waals surface area contributed by atoms with E-state index in [4.69, 9.17) is 19.3 Å². The lowest BCUT2D eigenvalue weighted by molar-refractivity contribution is -0.143. The van der Waals surface area contributed by atoms with Gasteiger partial charge in [0, 0.05) is 18.7 Å². The van der Waals surface area contributed by atoms with Crippen LogP contribution in [0.5, 0.6) is 0 Å². The number of carboxylic acids is 1. The minimum Gasteiger partial charge on any atom is -0.480 e. The number of hydrogen-bond donors (Lipinski definition) is 3. The summed E-state index contributed by atoms with van der Waals surface area (Å²) in [5.41, 5.74) is 1.04. The van der Waals surface area contributed by atoms with Crippen LogP contribution in [0.1, 0.15) is 33.6 Å². The number of hydrogen-bond acceptors (Lipinski definition) is 9. The zero-order valence-electron chi connectivity index (χ0n) is 17.8. The highest BCUT2D eigenvalue weighted by Crippen LogP contribution is 2.29. The van der Waals surface area contributed by atoms with E-state index in [0.717, 1.165) is 4.90 Å². The van der Waals surface area contributed by atoms with E-state index in [1.165, 1.54) is 6.07 Å². The number of aliphatic carboxylic acids is 1. The number of rotatable bonds is 13. The number of nitrogens with zero attached hydrogens (tertiary/aromatic N) is 1. The van der Waals surface area contributed by atoms with Crippen molar-refractivity contribution in [3.63, 3.8) is 0 Å². The number of carboxylic acid groups (broad SMARTS) is 1. The van der Waals surface area contributed by atoms with Crippen molar-refractivity contribution in [3.8, 4) is 0 Å². The molecule has 0 aliphatic carbocycles. The summed E-state index contributed by atoms with van der Waals surface area (Å²) in [6, 6.07) is 3.76.